The van der Waals surface area contributed by atoms with Crippen molar-refractivity contribution in [3.63, 3.8) is 0 Å². The molecule has 134 valence electrons. The first-order valence-electron chi connectivity index (χ1n) is 8.89. The van der Waals surface area contributed by atoms with Gasteiger partial charge in [-0.25, -0.2) is 0 Å². The van der Waals surface area contributed by atoms with Gasteiger partial charge in [0.25, 0.3) is 5.91 Å². The zero-order valence-electron chi connectivity index (χ0n) is 14.7. The first-order valence-corrected chi connectivity index (χ1v) is 8.89. The van der Waals surface area contributed by atoms with Gasteiger partial charge in [0, 0.05) is 17.7 Å². The number of amides is 2. The quantitative estimate of drug-likeness (QED) is 0.624. The van der Waals surface area contributed by atoms with Gasteiger partial charge in [0.05, 0.1) is 12.8 Å². The van der Waals surface area contributed by atoms with Crippen LogP contribution in [0.5, 0.6) is 0 Å². The van der Waals surface area contributed by atoms with Gasteiger partial charge < -0.3 is 15.1 Å². The smallest absolute Gasteiger partial charge is 0.251 e. The van der Waals surface area contributed by atoms with Crippen LogP contribution in [0, 0.1) is 0 Å². The highest BCUT2D eigenvalue weighted by atomic mass is 16.3. The average Bonchev–Trinajstić information content (AvgIpc) is 3.13. The molecule has 5 heteroatoms. The van der Waals surface area contributed by atoms with Crippen LogP contribution in [0.25, 0.3) is 0 Å². The third-order valence-corrected chi connectivity index (χ3v) is 3.92. The van der Waals surface area contributed by atoms with E-state index in [0.29, 0.717) is 30.0 Å². The number of unbranched alkanes of at least 4 members (excludes halogenated alkanes) is 4. The molecule has 1 aromatic carbocycles. The lowest BCUT2D eigenvalue weighted by atomic mass is 10.1. The largest absolute Gasteiger partial charge is 0.467 e. The molecule has 2 rings (SSSR count). The summed E-state index contributed by atoms with van der Waals surface area (Å²) >= 11 is 0. The molecule has 2 N–H and O–H groups in total. The number of benzene rings is 1. The summed E-state index contributed by atoms with van der Waals surface area (Å²) in [6.07, 6.45) is 7.65. The summed E-state index contributed by atoms with van der Waals surface area (Å²) in [6, 6.07) is 10.5. The van der Waals surface area contributed by atoms with Crippen molar-refractivity contribution >= 4 is 17.5 Å². The van der Waals surface area contributed by atoms with Gasteiger partial charge >= 0.3 is 0 Å². The Hall–Kier alpha value is -2.56. The molecule has 2 amide bonds. The van der Waals surface area contributed by atoms with Crippen molar-refractivity contribution in [3.8, 4) is 0 Å². The van der Waals surface area contributed by atoms with Gasteiger partial charge in [-0.3, -0.25) is 9.59 Å². The molecule has 0 saturated carbocycles. The van der Waals surface area contributed by atoms with E-state index < -0.39 is 0 Å². The highest BCUT2D eigenvalue weighted by molar-refractivity contribution is 5.97. The van der Waals surface area contributed by atoms with E-state index in [-0.39, 0.29) is 11.8 Å². The fraction of sp³-hybridized carbons (Fsp3) is 0.400. The molecule has 0 aliphatic rings. The zero-order valence-corrected chi connectivity index (χ0v) is 14.7. The van der Waals surface area contributed by atoms with E-state index >= 15 is 0 Å². The third-order valence-electron chi connectivity index (χ3n) is 3.92. The summed E-state index contributed by atoms with van der Waals surface area (Å²) in [7, 11) is 0. The van der Waals surface area contributed by atoms with E-state index in [1.807, 2.05) is 0 Å². The van der Waals surface area contributed by atoms with Gasteiger partial charge in [0.15, 0.2) is 0 Å². The van der Waals surface area contributed by atoms with Gasteiger partial charge in [-0.15, -0.1) is 0 Å². The van der Waals surface area contributed by atoms with E-state index in [1.54, 1.807) is 42.7 Å². The Morgan fingerprint density at radius 2 is 1.88 bits per heavy atom. The average molecular weight is 342 g/mol. The molecule has 0 fully saturated rings. The van der Waals surface area contributed by atoms with E-state index in [1.165, 1.54) is 19.3 Å². The molecular weight excluding hydrogens is 316 g/mol. The Morgan fingerprint density at radius 1 is 1.04 bits per heavy atom. The van der Waals surface area contributed by atoms with Crippen molar-refractivity contribution in [3.05, 3.63) is 54.0 Å². The number of carbonyl (C=O) groups excluding carboxylic acids is 2. The Kier molecular flexibility index (Phi) is 7.76. The van der Waals surface area contributed by atoms with Crippen molar-refractivity contribution in [1.82, 2.24) is 5.32 Å². The van der Waals surface area contributed by atoms with E-state index in [0.717, 1.165) is 12.8 Å². The van der Waals surface area contributed by atoms with E-state index in [2.05, 4.69) is 17.6 Å². The first-order chi connectivity index (χ1) is 12.2. The molecule has 0 atom stereocenters. The number of anilines is 1. The monoisotopic (exact) mass is 342 g/mol. The number of rotatable bonds is 10. The number of furan rings is 1. The lowest BCUT2D eigenvalue weighted by Crippen LogP contribution is -2.22. The molecule has 2 aromatic rings. The van der Waals surface area contributed by atoms with Gasteiger partial charge in [-0.05, 0) is 36.8 Å². The molecule has 0 spiro atoms. The molecule has 0 unspecified atom stereocenters. The molecular formula is C20H26N2O3. The standard InChI is InChI=1S/C20H26N2O3/c1-2-3-4-5-6-12-19(23)22-17-10-7-9-16(14-17)20(24)21-15-18-11-8-13-25-18/h7-11,13-14H,2-6,12,15H2,1H3,(H,21,24)(H,22,23). The minimum atomic E-state index is -0.202. The third kappa shape index (κ3) is 6.83. The number of nitrogens with one attached hydrogen (secondary N) is 2. The van der Waals surface area contributed by atoms with Crippen LogP contribution in [-0.4, -0.2) is 11.8 Å². The van der Waals surface area contributed by atoms with Crippen LogP contribution in [0.3, 0.4) is 0 Å². The summed E-state index contributed by atoms with van der Waals surface area (Å²) in [5.74, 6) is 0.484. The van der Waals surface area contributed by atoms with Crippen LogP contribution < -0.4 is 10.6 Å². The van der Waals surface area contributed by atoms with E-state index in [9.17, 15) is 9.59 Å². The lowest BCUT2D eigenvalue weighted by Gasteiger charge is -2.08. The van der Waals surface area contributed by atoms with Crippen LogP contribution in [0.2, 0.25) is 0 Å². The molecule has 0 aliphatic heterocycles. The second-order valence-electron chi connectivity index (χ2n) is 6.06. The van der Waals surface area contributed by atoms with Crippen molar-refractivity contribution in [2.75, 3.05) is 5.32 Å². The van der Waals surface area contributed by atoms with Crippen molar-refractivity contribution in [2.45, 2.75) is 52.0 Å². The predicted molar refractivity (Wildman–Crippen MR) is 98.3 cm³/mol. The maximum Gasteiger partial charge on any atom is 0.251 e. The van der Waals surface area contributed by atoms with Crippen molar-refractivity contribution in [2.24, 2.45) is 0 Å². The minimum absolute atomic E-state index is 0.00959. The maximum atomic E-state index is 12.2. The Labute approximate surface area is 148 Å². The molecule has 0 saturated heterocycles. The summed E-state index contributed by atoms with van der Waals surface area (Å²) in [4.78, 5) is 24.2. The molecule has 25 heavy (non-hydrogen) atoms. The van der Waals surface area contributed by atoms with E-state index in [4.69, 9.17) is 4.42 Å². The molecule has 1 heterocycles. The van der Waals surface area contributed by atoms with Crippen molar-refractivity contribution in [1.29, 1.82) is 0 Å². The second-order valence-corrected chi connectivity index (χ2v) is 6.06. The van der Waals surface area contributed by atoms with Crippen molar-refractivity contribution < 1.29 is 14.0 Å². The summed E-state index contributed by atoms with van der Waals surface area (Å²) < 4.78 is 5.19. The number of hydrogen-bond acceptors (Lipinski definition) is 3. The molecule has 0 radical (unpaired) electrons. The van der Waals surface area contributed by atoms with Crippen LogP contribution in [-0.2, 0) is 11.3 Å². The van der Waals surface area contributed by atoms with Gasteiger partial charge in [-0.1, -0.05) is 38.7 Å². The van der Waals surface area contributed by atoms with Crippen LogP contribution >= 0.6 is 0 Å². The Morgan fingerprint density at radius 3 is 2.64 bits per heavy atom. The zero-order chi connectivity index (χ0) is 17.9. The van der Waals surface area contributed by atoms with Gasteiger partial charge in [0.2, 0.25) is 5.91 Å². The van der Waals surface area contributed by atoms with Crippen LogP contribution in [0.1, 0.15) is 61.6 Å². The fourth-order valence-electron chi connectivity index (χ4n) is 2.53. The van der Waals surface area contributed by atoms with Gasteiger partial charge in [0.1, 0.15) is 5.76 Å². The summed E-state index contributed by atoms with van der Waals surface area (Å²) in [5, 5.41) is 5.65. The molecule has 5 nitrogen and oxygen atoms in total. The SMILES string of the molecule is CCCCCCCC(=O)Nc1cccc(C(=O)NCc2ccco2)c1. The normalized spacial score (nSPS) is 10.4. The maximum absolute atomic E-state index is 12.2. The minimum Gasteiger partial charge on any atom is -0.467 e. The molecule has 0 bridgehead atoms. The fourth-order valence-corrected chi connectivity index (χ4v) is 2.53. The lowest BCUT2D eigenvalue weighted by molar-refractivity contribution is -0.116. The highest BCUT2D eigenvalue weighted by Crippen LogP contribution is 2.13. The summed E-state index contributed by atoms with van der Waals surface area (Å²) in [6.45, 7) is 2.50. The Bertz CT molecular complexity index is 665. The highest BCUT2D eigenvalue weighted by Gasteiger charge is 2.08. The van der Waals surface area contributed by atoms with Gasteiger partial charge in [-0.2, -0.15) is 0 Å². The predicted octanol–water partition coefficient (Wildman–Crippen LogP) is 4.51. The Balaban J connectivity index is 1.79. The molecule has 1 aromatic heterocycles. The topological polar surface area (TPSA) is 71.3 Å². The first kappa shape index (κ1) is 18.8. The number of hydrogen-bond donors (Lipinski definition) is 2. The summed E-state index contributed by atoms with van der Waals surface area (Å²) in [5.41, 5.74) is 1.15. The number of carbonyl (C=O) groups is 2. The van der Waals surface area contributed by atoms with Crippen LogP contribution in [0.15, 0.2) is 47.1 Å². The second kappa shape index (κ2) is 10.3. The molecule has 0 aliphatic carbocycles. The van der Waals surface area contributed by atoms with Crippen LogP contribution in [0.4, 0.5) is 5.69 Å².